The highest BCUT2D eigenvalue weighted by atomic mass is 16.3. The molecule has 3 N–H and O–H groups in total. The lowest BCUT2D eigenvalue weighted by molar-refractivity contribution is 0.101. The Balaban J connectivity index is 1.58. The summed E-state index contributed by atoms with van der Waals surface area (Å²) in [6, 6.07) is -0.131. The van der Waals surface area contributed by atoms with Crippen LogP contribution in [0.15, 0.2) is 12.4 Å². The molecule has 0 aromatic carbocycles. The van der Waals surface area contributed by atoms with Gasteiger partial charge in [0.25, 0.3) is 0 Å². The van der Waals surface area contributed by atoms with E-state index in [4.69, 9.17) is 0 Å². The largest absolute Gasteiger partial charge is 0.393 e. The second-order valence-electron chi connectivity index (χ2n) is 5.60. The van der Waals surface area contributed by atoms with Crippen molar-refractivity contribution in [2.75, 3.05) is 13.1 Å². The quantitative estimate of drug-likeness (QED) is 0.747. The van der Waals surface area contributed by atoms with Crippen molar-refractivity contribution in [3.63, 3.8) is 0 Å². The van der Waals surface area contributed by atoms with Crippen LogP contribution in [0, 0.1) is 5.92 Å². The molecule has 20 heavy (non-hydrogen) atoms. The van der Waals surface area contributed by atoms with Gasteiger partial charge < -0.3 is 15.7 Å². The molecule has 0 aliphatic heterocycles. The molecule has 1 aromatic rings. The number of aliphatic hydroxyl groups is 1. The highest BCUT2D eigenvalue weighted by Gasteiger charge is 2.20. The number of nitrogens with zero attached hydrogens (tertiary/aromatic N) is 2. The van der Waals surface area contributed by atoms with Crippen LogP contribution in [0.2, 0.25) is 0 Å². The van der Waals surface area contributed by atoms with E-state index >= 15 is 0 Å². The van der Waals surface area contributed by atoms with Crippen LogP contribution >= 0.6 is 0 Å². The molecule has 1 aliphatic carbocycles. The zero-order valence-corrected chi connectivity index (χ0v) is 12.0. The van der Waals surface area contributed by atoms with Gasteiger partial charge in [-0.25, -0.2) is 4.79 Å². The summed E-state index contributed by atoms with van der Waals surface area (Å²) in [6.07, 6.45) is 8.19. The van der Waals surface area contributed by atoms with Gasteiger partial charge in [-0.1, -0.05) is 6.42 Å². The monoisotopic (exact) mass is 280 g/mol. The first-order valence-electron chi connectivity index (χ1n) is 7.31. The van der Waals surface area contributed by atoms with E-state index in [0.717, 1.165) is 37.7 Å². The Morgan fingerprint density at radius 3 is 3.05 bits per heavy atom. The molecule has 2 amide bonds. The molecule has 0 spiro atoms. The maximum atomic E-state index is 11.7. The highest BCUT2D eigenvalue weighted by molar-refractivity contribution is 5.73. The van der Waals surface area contributed by atoms with Crippen LogP contribution in [0.25, 0.3) is 0 Å². The van der Waals surface area contributed by atoms with Gasteiger partial charge in [0.1, 0.15) is 0 Å². The molecular weight excluding hydrogens is 256 g/mol. The Labute approximate surface area is 119 Å². The zero-order valence-electron chi connectivity index (χ0n) is 12.0. The molecule has 112 valence electrons. The summed E-state index contributed by atoms with van der Waals surface area (Å²) in [5.41, 5.74) is 1.11. The Hall–Kier alpha value is -1.56. The number of carbonyl (C=O) groups excluding carboxylic acids is 1. The van der Waals surface area contributed by atoms with Crippen molar-refractivity contribution in [3.8, 4) is 0 Å². The van der Waals surface area contributed by atoms with Crippen LogP contribution in [0.4, 0.5) is 4.79 Å². The van der Waals surface area contributed by atoms with Gasteiger partial charge in [0.2, 0.25) is 0 Å². The van der Waals surface area contributed by atoms with E-state index < -0.39 is 0 Å². The molecule has 2 atom stereocenters. The number of urea groups is 1. The number of carbonyl (C=O) groups is 1. The minimum atomic E-state index is -0.191. The molecule has 1 fully saturated rings. The maximum absolute atomic E-state index is 11.7. The third-order valence-electron chi connectivity index (χ3n) is 3.76. The third-order valence-corrected chi connectivity index (χ3v) is 3.76. The molecule has 2 rings (SSSR count). The van der Waals surface area contributed by atoms with Crippen LogP contribution < -0.4 is 10.6 Å². The predicted molar refractivity (Wildman–Crippen MR) is 76.3 cm³/mol. The summed E-state index contributed by atoms with van der Waals surface area (Å²) in [4.78, 5) is 11.7. The minimum Gasteiger partial charge on any atom is -0.393 e. The number of amides is 2. The Kier molecular flexibility index (Phi) is 5.40. The minimum absolute atomic E-state index is 0.131. The van der Waals surface area contributed by atoms with Crippen LogP contribution in [0.5, 0.6) is 0 Å². The Morgan fingerprint density at radius 1 is 1.50 bits per heavy atom. The second-order valence-corrected chi connectivity index (χ2v) is 5.60. The number of nitrogens with one attached hydrogen (secondary N) is 2. The predicted octanol–water partition coefficient (Wildman–Crippen LogP) is 0.813. The molecule has 0 radical (unpaired) electrons. The fraction of sp³-hybridized carbons (Fsp3) is 0.714. The zero-order chi connectivity index (χ0) is 14.4. The van der Waals surface area contributed by atoms with Crippen molar-refractivity contribution in [1.29, 1.82) is 0 Å². The van der Waals surface area contributed by atoms with E-state index in [9.17, 15) is 9.90 Å². The fourth-order valence-corrected chi connectivity index (χ4v) is 2.67. The van der Waals surface area contributed by atoms with Gasteiger partial charge in [0.15, 0.2) is 0 Å². The van der Waals surface area contributed by atoms with E-state index in [1.807, 2.05) is 19.4 Å². The first kappa shape index (κ1) is 14.8. The van der Waals surface area contributed by atoms with E-state index in [1.165, 1.54) is 0 Å². The van der Waals surface area contributed by atoms with E-state index in [1.54, 1.807) is 4.68 Å². The van der Waals surface area contributed by atoms with Gasteiger partial charge >= 0.3 is 6.03 Å². The van der Waals surface area contributed by atoms with E-state index in [2.05, 4.69) is 15.7 Å². The molecule has 1 aliphatic rings. The lowest BCUT2D eigenvalue weighted by atomic mass is 9.87. The normalized spacial score (nSPS) is 22.5. The van der Waals surface area contributed by atoms with Crippen molar-refractivity contribution in [2.24, 2.45) is 13.0 Å². The van der Waals surface area contributed by atoms with Crippen LogP contribution in [-0.2, 0) is 13.5 Å². The smallest absolute Gasteiger partial charge is 0.314 e. The van der Waals surface area contributed by atoms with Crippen LogP contribution in [0.3, 0.4) is 0 Å². The van der Waals surface area contributed by atoms with Crippen LogP contribution in [0.1, 0.15) is 31.2 Å². The number of hydrogen-bond donors (Lipinski definition) is 3. The Morgan fingerprint density at radius 2 is 2.35 bits per heavy atom. The summed E-state index contributed by atoms with van der Waals surface area (Å²) in [6.45, 7) is 1.25. The average molecular weight is 280 g/mol. The number of aromatic nitrogens is 2. The summed E-state index contributed by atoms with van der Waals surface area (Å²) in [5, 5.41) is 19.4. The first-order chi connectivity index (χ1) is 9.63. The van der Waals surface area contributed by atoms with Gasteiger partial charge in [0.05, 0.1) is 12.3 Å². The average Bonchev–Trinajstić information content (AvgIpc) is 2.82. The van der Waals surface area contributed by atoms with Gasteiger partial charge in [-0.05, 0) is 37.2 Å². The van der Waals surface area contributed by atoms with E-state index in [0.29, 0.717) is 19.0 Å². The van der Waals surface area contributed by atoms with Crippen molar-refractivity contribution >= 4 is 6.03 Å². The summed E-state index contributed by atoms with van der Waals surface area (Å²) >= 11 is 0. The molecular formula is C14H24N4O2. The van der Waals surface area contributed by atoms with Crippen molar-refractivity contribution in [2.45, 2.75) is 38.2 Å². The molecule has 0 saturated heterocycles. The number of rotatable bonds is 5. The molecule has 2 unspecified atom stereocenters. The lowest BCUT2D eigenvalue weighted by Crippen LogP contribution is -2.40. The highest BCUT2D eigenvalue weighted by Crippen LogP contribution is 2.23. The van der Waals surface area contributed by atoms with E-state index in [-0.39, 0.29) is 12.1 Å². The topological polar surface area (TPSA) is 79.2 Å². The number of aryl methyl sites for hydroxylation is 1. The second kappa shape index (κ2) is 7.28. The molecule has 1 saturated carbocycles. The summed E-state index contributed by atoms with van der Waals surface area (Å²) in [7, 11) is 1.88. The van der Waals surface area contributed by atoms with Crippen molar-refractivity contribution in [1.82, 2.24) is 20.4 Å². The molecule has 0 bridgehead atoms. The van der Waals surface area contributed by atoms with Gasteiger partial charge in [0, 0.05) is 26.3 Å². The van der Waals surface area contributed by atoms with Crippen molar-refractivity contribution < 1.29 is 9.90 Å². The first-order valence-corrected chi connectivity index (χ1v) is 7.31. The van der Waals surface area contributed by atoms with Gasteiger partial charge in [-0.2, -0.15) is 5.10 Å². The standard InChI is InChI=1S/C14H24N4O2/c1-18-10-12(9-17-18)5-6-15-14(20)16-8-11-3-2-4-13(19)7-11/h9-11,13,19H,2-8H2,1H3,(H2,15,16,20). The molecule has 6 heteroatoms. The summed E-state index contributed by atoms with van der Waals surface area (Å²) < 4.78 is 1.75. The lowest BCUT2D eigenvalue weighted by Gasteiger charge is -2.25. The SMILES string of the molecule is Cn1cc(CCNC(=O)NCC2CCCC(O)C2)cn1. The molecule has 1 aromatic heterocycles. The van der Waals surface area contributed by atoms with Crippen molar-refractivity contribution in [3.05, 3.63) is 18.0 Å². The summed E-state index contributed by atoms with van der Waals surface area (Å²) in [5.74, 6) is 0.405. The third kappa shape index (κ3) is 4.85. The molecule has 6 nitrogen and oxygen atoms in total. The molecule has 1 heterocycles. The Bertz CT molecular complexity index is 433. The van der Waals surface area contributed by atoms with Gasteiger partial charge in [-0.15, -0.1) is 0 Å². The van der Waals surface area contributed by atoms with Crippen LogP contribution in [-0.4, -0.2) is 40.1 Å². The van der Waals surface area contributed by atoms with Gasteiger partial charge in [-0.3, -0.25) is 4.68 Å². The number of aliphatic hydroxyl groups excluding tert-OH is 1. The maximum Gasteiger partial charge on any atom is 0.314 e. The fourth-order valence-electron chi connectivity index (χ4n) is 2.67. The number of hydrogen-bond acceptors (Lipinski definition) is 3.